The van der Waals surface area contributed by atoms with E-state index < -0.39 is 11.8 Å². The molecule has 3 aromatic rings. The van der Waals surface area contributed by atoms with Crippen LogP contribution in [-0.4, -0.2) is 44.3 Å². The number of benzene rings is 3. The molecule has 0 heterocycles. The highest BCUT2D eigenvalue weighted by Crippen LogP contribution is 2.28. The number of nitrogens with zero attached hydrogens (tertiary/aromatic N) is 1. The van der Waals surface area contributed by atoms with Crippen molar-refractivity contribution in [3.8, 4) is 17.2 Å². The van der Waals surface area contributed by atoms with Crippen molar-refractivity contribution in [2.75, 3.05) is 25.6 Å². The Morgan fingerprint density at radius 1 is 0.897 bits per heavy atom. The van der Waals surface area contributed by atoms with Gasteiger partial charge in [0.25, 0.3) is 5.91 Å². The number of hydrogen-bond acceptors (Lipinski definition) is 7. The minimum absolute atomic E-state index is 0.182. The quantitative estimate of drug-likeness (QED) is 0.197. The number of anilines is 1. The Bertz CT molecular complexity index is 1320. The van der Waals surface area contributed by atoms with Gasteiger partial charge in [0.05, 0.1) is 19.9 Å². The molecule has 3 N–H and O–H groups in total. The van der Waals surface area contributed by atoms with E-state index in [0.717, 1.165) is 22.4 Å². The van der Waals surface area contributed by atoms with Crippen LogP contribution in [0.1, 0.15) is 29.2 Å². The van der Waals surface area contributed by atoms with Crippen LogP contribution in [0.3, 0.4) is 0 Å². The molecule has 0 saturated heterocycles. The van der Waals surface area contributed by atoms with Crippen LogP contribution in [-0.2, 0) is 20.9 Å². The summed E-state index contributed by atoms with van der Waals surface area (Å²) in [6.07, 6.45) is 1.37. The fourth-order valence-electron chi connectivity index (χ4n) is 3.55. The maximum Gasteiger partial charge on any atom is 0.329 e. The molecule has 0 aliphatic carbocycles. The van der Waals surface area contributed by atoms with Crippen LogP contribution in [0.25, 0.3) is 0 Å². The van der Waals surface area contributed by atoms with E-state index in [4.69, 9.17) is 14.2 Å². The molecule has 3 amide bonds. The van der Waals surface area contributed by atoms with Crippen LogP contribution in [0, 0.1) is 13.8 Å². The number of para-hydroxylation sites is 1. The summed E-state index contributed by atoms with van der Waals surface area (Å²) in [5.41, 5.74) is 6.29. The summed E-state index contributed by atoms with van der Waals surface area (Å²) >= 11 is 0. The zero-order valence-electron chi connectivity index (χ0n) is 22.4. The summed E-state index contributed by atoms with van der Waals surface area (Å²) < 4.78 is 16.4. The van der Waals surface area contributed by atoms with Gasteiger partial charge in [0.2, 0.25) is 0 Å². The number of amides is 3. The third kappa shape index (κ3) is 8.60. The molecule has 0 aliphatic heterocycles. The molecule has 10 heteroatoms. The van der Waals surface area contributed by atoms with Gasteiger partial charge < -0.3 is 24.8 Å². The van der Waals surface area contributed by atoms with Crippen LogP contribution in [0.4, 0.5) is 5.69 Å². The summed E-state index contributed by atoms with van der Waals surface area (Å²) in [6, 6.07) is 17.9. The standard InChI is InChI=1S/C29H32N4O6/c1-5-38-25-15-22(11-14-24(25)39-18-26(34)32-27-19(2)7-6-8-20(27)3)17-31-33-29(36)28(35)30-16-21-9-12-23(37-4)13-10-21/h6-15,17H,5,16,18H2,1-4H3,(H,30,35)(H,32,34)(H,33,36)/b31-17-. The smallest absolute Gasteiger partial charge is 0.329 e. The molecule has 0 saturated carbocycles. The average Bonchev–Trinajstić information content (AvgIpc) is 2.93. The van der Waals surface area contributed by atoms with Gasteiger partial charge in [-0.2, -0.15) is 5.10 Å². The number of hydrogen-bond donors (Lipinski definition) is 3. The summed E-state index contributed by atoms with van der Waals surface area (Å²) in [5, 5.41) is 9.25. The topological polar surface area (TPSA) is 127 Å². The number of aryl methyl sites for hydroxylation is 2. The summed E-state index contributed by atoms with van der Waals surface area (Å²) in [7, 11) is 1.57. The van der Waals surface area contributed by atoms with E-state index in [2.05, 4.69) is 21.2 Å². The first-order chi connectivity index (χ1) is 18.8. The zero-order valence-corrected chi connectivity index (χ0v) is 22.4. The van der Waals surface area contributed by atoms with Crippen molar-refractivity contribution in [3.63, 3.8) is 0 Å². The highest BCUT2D eigenvalue weighted by atomic mass is 16.5. The summed E-state index contributed by atoms with van der Waals surface area (Å²) in [6.45, 7) is 6.02. The second-order valence-electron chi connectivity index (χ2n) is 8.47. The Morgan fingerprint density at radius 2 is 1.62 bits per heavy atom. The molecule has 0 fully saturated rings. The van der Waals surface area contributed by atoms with Gasteiger partial charge in [-0.1, -0.05) is 30.3 Å². The molecule has 0 spiro atoms. The Morgan fingerprint density at radius 3 is 2.28 bits per heavy atom. The normalized spacial score (nSPS) is 10.6. The summed E-state index contributed by atoms with van der Waals surface area (Å²) in [5.74, 6) is -0.533. The number of carbonyl (C=O) groups is 3. The largest absolute Gasteiger partial charge is 0.497 e. The SMILES string of the molecule is CCOc1cc(/C=N\NC(=O)C(=O)NCc2ccc(OC)cc2)ccc1OCC(=O)Nc1c(C)cccc1C. The molecule has 0 aromatic heterocycles. The number of methoxy groups -OCH3 is 1. The highest BCUT2D eigenvalue weighted by Gasteiger charge is 2.13. The van der Waals surface area contributed by atoms with Gasteiger partial charge in [-0.3, -0.25) is 14.4 Å². The molecule has 0 bridgehead atoms. The van der Waals surface area contributed by atoms with Crippen LogP contribution >= 0.6 is 0 Å². The summed E-state index contributed by atoms with van der Waals surface area (Å²) in [4.78, 5) is 36.6. The van der Waals surface area contributed by atoms with Crippen molar-refractivity contribution in [2.24, 2.45) is 5.10 Å². The monoisotopic (exact) mass is 532 g/mol. The highest BCUT2D eigenvalue weighted by molar-refractivity contribution is 6.35. The van der Waals surface area contributed by atoms with Crippen molar-refractivity contribution < 1.29 is 28.6 Å². The van der Waals surface area contributed by atoms with Gasteiger partial charge in [0, 0.05) is 12.2 Å². The van der Waals surface area contributed by atoms with Gasteiger partial charge in [-0.15, -0.1) is 0 Å². The van der Waals surface area contributed by atoms with E-state index >= 15 is 0 Å². The number of nitrogens with one attached hydrogen (secondary N) is 3. The van der Waals surface area contributed by atoms with E-state index in [9.17, 15) is 14.4 Å². The molecule has 10 nitrogen and oxygen atoms in total. The van der Waals surface area contributed by atoms with Crippen molar-refractivity contribution >= 4 is 29.6 Å². The van der Waals surface area contributed by atoms with Crippen molar-refractivity contribution in [2.45, 2.75) is 27.3 Å². The van der Waals surface area contributed by atoms with Crippen LogP contribution < -0.4 is 30.3 Å². The zero-order chi connectivity index (χ0) is 28.2. The molecule has 0 aliphatic rings. The lowest BCUT2D eigenvalue weighted by Crippen LogP contribution is -2.37. The van der Waals surface area contributed by atoms with E-state index in [-0.39, 0.29) is 19.1 Å². The third-order valence-electron chi connectivity index (χ3n) is 5.57. The first-order valence-electron chi connectivity index (χ1n) is 12.3. The maximum atomic E-state index is 12.5. The van der Waals surface area contributed by atoms with Crippen molar-refractivity contribution in [3.05, 3.63) is 82.9 Å². The second kappa shape index (κ2) is 14.2. The number of ether oxygens (including phenoxy) is 3. The molecule has 0 unspecified atom stereocenters. The molecule has 3 rings (SSSR count). The maximum absolute atomic E-state index is 12.5. The van der Waals surface area contributed by atoms with Gasteiger partial charge in [-0.05, 0) is 73.4 Å². The Balaban J connectivity index is 1.53. The average molecular weight is 533 g/mol. The molecular formula is C29H32N4O6. The van der Waals surface area contributed by atoms with Gasteiger partial charge in [-0.25, -0.2) is 5.43 Å². The lowest BCUT2D eigenvalue weighted by Gasteiger charge is -2.14. The molecule has 204 valence electrons. The number of rotatable bonds is 11. The lowest BCUT2D eigenvalue weighted by molar-refractivity contribution is -0.139. The minimum Gasteiger partial charge on any atom is -0.497 e. The second-order valence-corrected chi connectivity index (χ2v) is 8.47. The first-order valence-corrected chi connectivity index (χ1v) is 12.3. The van der Waals surface area contributed by atoms with Gasteiger partial charge in [0.1, 0.15) is 5.75 Å². The minimum atomic E-state index is -0.903. The number of carbonyl (C=O) groups excluding carboxylic acids is 3. The molecular weight excluding hydrogens is 500 g/mol. The van der Waals surface area contributed by atoms with E-state index in [0.29, 0.717) is 29.4 Å². The Kier molecular flexibility index (Phi) is 10.4. The molecule has 39 heavy (non-hydrogen) atoms. The lowest BCUT2D eigenvalue weighted by atomic mass is 10.1. The van der Waals surface area contributed by atoms with Crippen LogP contribution in [0.5, 0.6) is 17.2 Å². The molecule has 3 aromatic carbocycles. The Labute approximate surface area is 227 Å². The van der Waals surface area contributed by atoms with Gasteiger partial charge >= 0.3 is 11.8 Å². The predicted molar refractivity (Wildman–Crippen MR) is 148 cm³/mol. The van der Waals surface area contributed by atoms with Crippen molar-refractivity contribution in [1.82, 2.24) is 10.7 Å². The van der Waals surface area contributed by atoms with Crippen LogP contribution in [0.2, 0.25) is 0 Å². The van der Waals surface area contributed by atoms with E-state index in [1.165, 1.54) is 6.21 Å². The van der Waals surface area contributed by atoms with Crippen molar-refractivity contribution in [1.29, 1.82) is 0 Å². The van der Waals surface area contributed by atoms with Gasteiger partial charge in [0.15, 0.2) is 18.1 Å². The molecule has 0 radical (unpaired) electrons. The first kappa shape index (κ1) is 28.7. The van der Waals surface area contributed by atoms with E-state index in [1.54, 1.807) is 49.6 Å². The number of hydrazone groups is 1. The fourth-order valence-corrected chi connectivity index (χ4v) is 3.55. The van der Waals surface area contributed by atoms with Crippen LogP contribution in [0.15, 0.2) is 65.8 Å². The Hall–Kier alpha value is -4.86. The third-order valence-corrected chi connectivity index (χ3v) is 5.57. The molecule has 0 atom stereocenters. The van der Waals surface area contributed by atoms with E-state index in [1.807, 2.05) is 39.0 Å². The predicted octanol–water partition coefficient (Wildman–Crippen LogP) is 3.49. The fraction of sp³-hybridized carbons (Fsp3) is 0.241.